The SMILES string of the molecule is Cc1cccc(NC(C)CC(N)=O)c1C. The first kappa shape index (κ1) is 11.6. The molecule has 0 aliphatic heterocycles. The molecule has 0 fully saturated rings. The number of nitrogens with one attached hydrogen (secondary N) is 1. The third-order valence-corrected chi connectivity index (χ3v) is 2.51. The number of carbonyl (C=O) groups excluding carboxylic acids is 1. The Morgan fingerprint density at radius 1 is 1.47 bits per heavy atom. The molecule has 0 heterocycles. The van der Waals surface area contributed by atoms with Gasteiger partial charge in [-0.3, -0.25) is 4.79 Å². The third-order valence-electron chi connectivity index (χ3n) is 2.51. The molecule has 1 rings (SSSR count). The minimum Gasteiger partial charge on any atom is -0.382 e. The largest absolute Gasteiger partial charge is 0.382 e. The highest BCUT2D eigenvalue weighted by Gasteiger charge is 2.07. The zero-order chi connectivity index (χ0) is 11.4. The highest BCUT2D eigenvalue weighted by Crippen LogP contribution is 2.19. The van der Waals surface area contributed by atoms with Gasteiger partial charge in [0.1, 0.15) is 0 Å². The van der Waals surface area contributed by atoms with E-state index in [9.17, 15) is 4.79 Å². The second kappa shape index (κ2) is 4.82. The lowest BCUT2D eigenvalue weighted by atomic mass is 10.1. The van der Waals surface area contributed by atoms with Gasteiger partial charge in [0.25, 0.3) is 0 Å². The van der Waals surface area contributed by atoms with Crippen molar-refractivity contribution in [2.45, 2.75) is 33.2 Å². The van der Waals surface area contributed by atoms with Gasteiger partial charge >= 0.3 is 0 Å². The summed E-state index contributed by atoms with van der Waals surface area (Å²) >= 11 is 0. The van der Waals surface area contributed by atoms with Crippen LogP contribution in [0.2, 0.25) is 0 Å². The first-order chi connectivity index (χ1) is 7.00. The first-order valence-corrected chi connectivity index (χ1v) is 5.11. The van der Waals surface area contributed by atoms with E-state index in [0.717, 1.165) is 5.69 Å². The molecule has 3 N–H and O–H groups in total. The molecular weight excluding hydrogens is 188 g/mol. The summed E-state index contributed by atoms with van der Waals surface area (Å²) in [5, 5.41) is 3.28. The van der Waals surface area contributed by atoms with Crippen molar-refractivity contribution >= 4 is 11.6 Å². The Morgan fingerprint density at radius 2 is 2.13 bits per heavy atom. The summed E-state index contributed by atoms with van der Waals surface area (Å²) in [6, 6.07) is 6.16. The van der Waals surface area contributed by atoms with Gasteiger partial charge in [-0.15, -0.1) is 0 Å². The van der Waals surface area contributed by atoms with E-state index in [1.54, 1.807) is 0 Å². The van der Waals surface area contributed by atoms with E-state index in [0.29, 0.717) is 6.42 Å². The Hall–Kier alpha value is -1.51. The quantitative estimate of drug-likeness (QED) is 0.791. The predicted octanol–water partition coefficient (Wildman–Crippen LogP) is 1.98. The van der Waals surface area contributed by atoms with Crippen molar-refractivity contribution in [3.63, 3.8) is 0 Å². The Morgan fingerprint density at radius 3 is 2.73 bits per heavy atom. The summed E-state index contributed by atoms with van der Waals surface area (Å²) in [7, 11) is 0. The first-order valence-electron chi connectivity index (χ1n) is 5.11. The number of carbonyl (C=O) groups is 1. The van der Waals surface area contributed by atoms with Crippen molar-refractivity contribution in [2.24, 2.45) is 5.73 Å². The van der Waals surface area contributed by atoms with E-state index in [1.807, 2.05) is 19.1 Å². The van der Waals surface area contributed by atoms with E-state index in [2.05, 4.69) is 25.2 Å². The molecule has 15 heavy (non-hydrogen) atoms. The van der Waals surface area contributed by atoms with Crippen LogP contribution in [-0.4, -0.2) is 11.9 Å². The van der Waals surface area contributed by atoms with Crippen LogP contribution < -0.4 is 11.1 Å². The molecule has 0 bridgehead atoms. The Balaban J connectivity index is 2.72. The average Bonchev–Trinajstić information content (AvgIpc) is 2.11. The van der Waals surface area contributed by atoms with E-state index in [-0.39, 0.29) is 11.9 Å². The minimum absolute atomic E-state index is 0.0722. The van der Waals surface area contributed by atoms with Crippen molar-refractivity contribution in [3.8, 4) is 0 Å². The van der Waals surface area contributed by atoms with Crippen molar-refractivity contribution in [1.29, 1.82) is 0 Å². The molecule has 0 saturated heterocycles. The maximum absolute atomic E-state index is 10.7. The van der Waals surface area contributed by atoms with Gasteiger partial charge < -0.3 is 11.1 Å². The summed E-state index contributed by atoms with van der Waals surface area (Å²) in [5.74, 6) is -0.277. The van der Waals surface area contributed by atoms with Crippen molar-refractivity contribution < 1.29 is 4.79 Å². The van der Waals surface area contributed by atoms with Crippen LogP contribution in [0.15, 0.2) is 18.2 Å². The number of benzene rings is 1. The maximum atomic E-state index is 10.7. The fourth-order valence-corrected chi connectivity index (χ4v) is 1.53. The van der Waals surface area contributed by atoms with Crippen LogP contribution in [0.5, 0.6) is 0 Å². The Labute approximate surface area is 90.7 Å². The summed E-state index contributed by atoms with van der Waals surface area (Å²) in [6.07, 6.45) is 0.355. The molecule has 0 radical (unpaired) electrons. The molecule has 0 aliphatic rings. The molecule has 1 amide bonds. The van der Waals surface area contributed by atoms with Gasteiger partial charge in [-0.05, 0) is 38.0 Å². The zero-order valence-corrected chi connectivity index (χ0v) is 9.50. The lowest BCUT2D eigenvalue weighted by molar-refractivity contribution is -0.118. The number of hydrogen-bond acceptors (Lipinski definition) is 2. The molecule has 1 aromatic rings. The molecule has 3 nitrogen and oxygen atoms in total. The van der Waals surface area contributed by atoms with E-state index >= 15 is 0 Å². The molecular formula is C12H18N2O. The van der Waals surface area contributed by atoms with Gasteiger partial charge in [0.15, 0.2) is 0 Å². The van der Waals surface area contributed by atoms with E-state index < -0.39 is 0 Å². The van der Waals surface area contributed by atoms with Crippen molar-refractivity contribution in [2.75, 3.05) is 5.32 Å². The molecule has 1 unspecified atom stereocenters. The topological polar surface area (TPSA) is 55.1 Å². The van der Waals surface area contributed by atoms with Crippen molar-refractivity contribution in [1.82, 2.24) is 0 Å². The molecule has 0 saturated carbocycles. The van der Waals surface area contributed by atoms with Gasteiger partial charge in [0.05, 0.1) is 0 Å². The van der Waals surface area contributed by atoms with Crippen LogP contribution in [0.4, 0.5) is 5.69 Å². The number of anilines is 1. The fourth-order valence-electron chi connectivity index (χ4n) is 1.53. The van der Waals surface area contributed by atoms with E-state index in [4.69, 9.17) is 5.73 Å². The highest BCUT2D eigenvalue weighted by molar-refractivity contribution is 5.75. The van der Waals surface area contributed by atoms with Gasteiger partial charge in [0.2, 0.25) is 5.91 Å². The van der Waals surface area contributed by atoms with Crippen LogP contribution in [0.3, 0.4) is 0 Å². The van der Waals surface area contributed by atoms with Crippen LogP contribution in [-0.2, 0) is 4.79 Å². The highest BCUT2D eigenvalue weighted by atomic mass is 16.1. The lowest BCUT2D eigenvalue weighted by Gasteiger charge is -2.16. The number of hydrogen-bond donors (Lipinski definition) is 2. The molecule has 82 valence electrons. The summed E-state index contributed by atoms with van der Waals surface area (Å²) in [4.78, 5) is 10.7. The number of nitrogens with two attached hydrogens (primary N) is 1. The Kier molecular flexibility index (Phi) is 3.72. The fraction of sp³-hybridized carbons (Fsp3) is 0.417. The zero-order valence-electron chi connectivity index (χ0n) is 9.50. The van der Waals surface area contributed by atoms with Crippen LogP contribution in [0.25, 0.3) is 0 Å². The average molecular weight is 206 g/mol. The van der Waals surface area contributed by atoms with Gasteiger partial charge in [-0.2, -0.15) is 0 Å². The lowest BCUT2D eigenvalue weighted by Crippen LogP contribution is -2.24. The normalized spacial score (nSPS) is 12.2. The van der Waals surface area contributed by atoms with Crippen LogP contribution >= 0.6 is 0 Å². The van der Waals surface area contributed by atoms with Crippen LogP contribution in [0.1, 0.15) is 24.5 Å². The molecule has 0 spiro atoms. The monoisotopic (exact) mass is 206 g/mol. The summed E-state index contributed by atoms with van der Waals surface area (Å²) < 4.78 is 0. The number of amides is 1. The van der Waals surface area contributed by atoms with Gasteiger partial charge in [0, 0.05) is 18.2 Å². The standard InChI is InChI=1S/C12H18N2O/c1-8-5-4-6-11(10(8)3)14-9(2)7-12(13)15/h4-6,9,14H,7H2,1-3H3,(H2,13,15). The van der Waals surface area contributed by atoms with Gasteiger partial charge in [-0.1, -0.05) is 12.1 Å². The molecule has 0 aromatic heterocycles. The predicted molar refractivity (Wildman–Crippen MR) is 62.8 cm³/mol. The third kappa shape index (κ3) is 3.27. The second-order valence-electron chi connectivity index (χ2n) is 3.96. The smallest absolute Gasteiger partial charge is 0.219 e. The van der Waals surface area contributed by atoms with Gasteiger partial charge in [-0.25, -0.2) is 0 Å². The van der Waals surface area contributed by atoms with E-state index in [1.165, 1.54) is 11.1 Å². The maximum Gasteiger partial charge on any atom is 0.219 e. The molecule has 0 aliphatic carbocycles. The number of aryl methyl sites for hydroxylation is 1. The molecule has 3 heteroatoms. The minimum atomic E-state index is -0.277. The second-order valence-corrected chi connectivity index (χ2v) is 3.96. The van der Waals surface area contributed by atoms with Crippen LogP contribution in [0, 0.1) is 13.8 Å². The molecule has 1 atom stereocenters. The summed E-state index contributed by atoms with van der Waals surface area (Å²) in [5.41, 5.74) is 8.67. The number of primary amides is 1. The number of rotatable bonds is 4. The summed E-state index contributed by atoms with van der Waals surface area (Å²) in [6.45, 7) is 6.08. The Bertz CT molecular complexity index is 361. The molecule has 1 aromatic carbocycles. The van der Waals surface area contributed by atoms with Crippen molar-refractivity contribution in [3.05, 3.63) is 29.3 Å².